The summed E-state index contributed by atoms with van der Waals surface area (Å²) in [7, 11) is -2.41. The molecule has 0 atom stereocenters. The molecule has 0 aliphatic rings. The van der Waals surface area contributed by atoms with Crippen LogP contribution >= 0.6 is 8.38 Å². The maximum atomic E-state index is 10.3. The van der Waals surface area contributed by atoms with E-state index in [4.69, 9.17) is 0 Å². The Morgan fingerprint density at radius 2 is 1.29 bits per heavy atom. The molecule has 0 saturated carbocycles. The average Bonchev–Trinajstić information content (AvgIpc) is 1.88. The SMILES string of the molecule is Cc1ccc(P([O-])[O-])cc1.[Cl-].[Cl-].[Mg+2].[Mg+2]. The van der Waals surface area contributed by atoms with Gasteiger partial charge in [-0.25, -0.2) is 0 Å². The molecule has 70 valence electrons. The Balaban J connectivity index is -0.000000125. The van der Waals surface area contributed by atoms with Crippen molar-refractivity contribution in [1.29, 1.82) is 0 Å². The van der Waals surface area contributed by atoms with Gasteiger partial charge >= 0.3 is 46.1 Å². The first kappa shape index (κ1) is 24.8. The Hall–Kier alpha value is 1.68. The third-order valence-corrected chi connectivity index (χ3v) is 1.96. The molecule has 0 radical (unpaired) electrons. The summed E-state index contributed by atoms with van der Waals surface area (Å²) in [5.41, 5.74) is 1.07. The van der Waals surface area contributed by atoms with Crippen LogP contribution in [0.4, 0.5) is 0 Å². The van der Waals surface area contributed by atoms with Crippen molar-refractivity contribution in [3.8, 4) is 0 Å². The summed E-state index contributed by atoms with van der Waals surface area (Å²) < 4.78 is 0. The van der Waals surface area contributed by atoms with E-state index in [0.29, 0.717) is 5.30 Å². The van der Waals surface area contributed by atoms with Gasteiger partial charge in [-0.2, -0.15) is 0 Å². The van der Waals surface area contributed by atoms with E-state index in [0.717, 1.165) is 5.56 Å². The van der Waals surface area contributed by atoms with E-state index in [9.17, 15) is 9.79 Å². The Labute approximate surface area is 130 Å². The summed E-state index contributed by atoms with van der Waals surface area (Å²) in [5.74, 6) is 0. The van der Waals surface area contributed by atoms with Gasteiger partial charge in [-0.3, -0.25) is 8.38 Å². The van der Waals surface area contributed by atoms with Gasteiger partial charge in [-0.1, -0.05) is 35.1 Å². The molecule has 2 nitrogen and oxygen atoms in total. The van der Waals surface area contributed by atoms with Gasteiger partial charge in [-0.05, 0) is 6.92 Å². The van der Waals surface area contributed by atoms with Gasteiger partial charge in [0.2, 0.25) is 0 Å². The molecular weight excluding hydrogens is 267 g/mol. The van der Waals surface area contributed by atoms with Crippen molar-refractivity contribution >= 4 is 59.8 Å². The van der Waals surface area contributed by atoms with Crippen LogP contribution in [0.1, 0.15) is 5.56 Å². The van der Waals surface area contributed by atoms with Crippen LogP contribution < -0.4 is 39.9 Å². The molecule has 0 N–H and O–H groups in total. The van der Waals surface area contributed by atoms with Crippen molar-refractivity contribution in [3.63, 3.8) is 0 Å². The summed E-state index contributed by atoms with van der Waals surface area (Å²) >= 11 is 0. The van der Waals surface area contributed by atoms with Gasteiger partial charge < -0.3 is 34.6 Å². The molecule has 0 aliphatic heterocycles. The molecule has 0 amide bonds. The molecule has 0 fully saturated rings. The van der Waals surface area contributed by atoms with Gasteiger partial charge in [-0.15, -0.1) is 0 Å². The molecule has 0 spiro atoms. The second kappa shape index (κ2) is 12.8. The molecule has 1 aromatic rings. The molecule has 0 bridgehead atoms. The number of aryl methyl sites for hydroxylation is 1. The second-order valence-corrected chi connectivity index (χ2v) is 3.12. The van der Waals surface area contributed by atoms with Gasteiger partial charge in [0.25, 0.3) is 0 Å². The minimum Gasteiger partial charge on any atom is -1.00 e. The Morgan fingerprint density at radius 1 is 0.929 bits per heavy atom. The zero-order chi connectivity index (χ0) is 7.56. The summed E-state index contributed by atoms with van der Waals surface area (Å²) in [4.78, 5) is 20.7. The van der Waals surface area contributed by atoms with Crippen LogP contribution in [0.5, 0.6) is 0 Å². The molecule has 0 aliphatic carbocycles. The minimum absolute atomic E-state index is 0. The fraction of sp³-hybridized carbons (Fsp3) is 0.143. The van der Waals surface area contributed by atoms with Crippen LogP contribution in [-0.2, 0) is 0 Å². The summed E-state index contributed by atoms with van der Waals surface area (Å²) in [6.45, 7) is 1.92. The first-order chi connectivity index (χ1) is 4.70. The minimum atomic E-state index is -2.41. The van der Waals surface area contributed by atoms with Crippen LogP contribution in [0.3, 0.4) is 0 Å². The smallest absolute Gasteiger partial charge is 1.00 e. The summed E-state index contributed by atoms with van der Waals surface area (Å²) in [6.07, 6.45) is 0. The predicted molar refractivity (Wildman–Crippen MR) is 49.2 cm³/mol. The van der Waals surface area contributed by atoms with Crippen LogP contribution in [0.25, 0.3) is 0 Å². The van der Waals surface area contributed by atoms with E-state index in [1.54, 1.807) is 24.3 Å². The maximum Gasteiger partial charge on any atom is 2.00 e. The third-order valence-electron chi connectivity index (χ3n) is 1.24. The van der Waals surface area contributed by atoms with Crippen LogP contribution in [0.2, 0.25) is 0 Å². The molecule has 1 rings (SSSR count). The average molecular weight is 274 g/mol. The first-order valence-electron chi connectivity index (χ1n) is 2.91. The van der Waals surface area contributed by atoms with Gasteiger partial charge in [0.15, 0.2) is 0 Å². The molecule has 0 aromatic heterocycles. The zero-order valence-corrected chi connectivity index (χ0v) is 13.0. The molecule has 0 saturated heterocycles. The van der Waals surface area contributed by atoms with E-state index in [2.05, 4.69) is 0 Å². The van der Waals surface area contributed by atoms with E-state index in [1.165, 1.54) is 0 Å². The number of benzene rings is 1. The van der Waals surface area contributed by atoms with Crippen molar-refractivity contribution in [3.05, 3.63) is 29.8 Å². The molecule has 1 aromatic carbocycles. The summed E-state index contributed by atoms with van der Waals surface area (Å²) in [5, 5.41) is 0.376. The van der Waals surface area contributed by atoms with E-state index < -0.39 is 8.38 Å². The monoisotopic (exact) mass is 272 g/mol. The van der Waals surface area contributed by atoms with Crippen molar-refractivity contribution in [2.75, 3.05) is 0 Å². The topological polar surface area (TPSA) is 46.1 Å². The van der Waals surface area contributed by atoms with Gasteiger partial charge in [0.1, 0.15) is 0 Å². The molecule has 0 heterocycles. The quantitative estimate of drug-likeness (QED) is 0.377. The van der Waals surface area contributed by atoms with Gasteiger partial charge in [0.05, 0.1) is 0 Å². The Morgan fingerprint density at radius 3 is 1.57 bits per heavy atom. The van der Waals surface area contributed by atoms with E-state index in [1.807, 2.05) is 6.92 Å². The molecule has 0 unspecified atom stereocenters. The fourth-order valence-corrected chi connectivity index (χ4v) is 1.06. The number of halogens is 2. The van der Waals surface area contributed by atoms with Crippen LogP contribution in [0.15, 0.2) is 24.3 Å². The van der Waals surface area contributed by atoms with Gasteiger partial charge in [0, 0.05) is 0 Å². The normalized spacial score (nSPS) is 7.43. The number of hydrogen-bond acceptors (Lipinski definition) is 2. The first-order valence-corrected chi connectivity index (χ1v) is 4.09. The Bertz CT molecular complexity index is 221. The van der Waals surface area contributed by atoms with Crippen LogP contribution in [-0.4, -0.2) is 46.1 Å². The van der Waals surface area contributed by atoms with Crippen molar-refractivity contribution in [1.82, 2.24) is 0 Å². The maximum absolute atomic E-state index is 10.3. The van der Waals surface area contributed by atoms with Crippen LogP contribution in [0, 0.1) is 6.92 Å². The predicted octanol–water partition coefficient (Wildman–Crippen LogP) is -7.10. The zero-order valence-electron chi connectivity index (χ0n) is 7.74. The number of hydrogen-bond donors (Lipinski definition) is 0. The molecule has 14 heavy (non-hydrogen) atoms. The number of rotatable bonds is 1. The third kappa shape index (κ3) is 8.95. The summed E-state index contributed by atoms with van der Waals surface area (Å²) in [6, 6.07) is 6.75. The van der Waals surface area contributed by atoms with Crippen molar-refractivity contribution < 1.29 is 34.6 Å². The van der Waals surface area contributed by atoms with E-state index in [-0.39, 0.29) is 70.9 Å². The largest absolute Gasteiger partial charge is 2.00 e. The second-order valence-electron chi connectivity index (χ2n) is 2.09. The standard InChI is InChI=1S/C7H7O2P.2ClH.2Mg/c1-6-2-4-7(5-3-6)10(8)9;;;;/h2-5H,1H3;2*1H;;/q-2;;;2*+2/p-2. The fourth-order valence-electron chi connectivity index (χ4n) is 0.666. The molecule has 7 heteroatoms. The van der Waals surface area contributed by atoms with Crippen molar-refractivity contribution in [2.24, 2.45) is 0 Å². The molecular formula is C7H7Cl2Mg2O2P. The Kier molecular flexibility index (Phi) is 22.6. The van der Waals surface area contributed by atoms with E-state index >= 15 is 0 Å². The van der Waals surface area contributed by atoms with Crippen molar-refractivity contribution in [2.45, 2.75) is 6.92 Å².